The molecule has 2 aromatic rings. The van der Waals surface area contributed by atoms with Crippen LogP contribution in [0.3, 0.4) is 0 Å². The molecule has 0 aliphatic heterocycles. The number of hydrogen-bond acceptors (Lipinski definition) is 6. The number of thioether (sulfide) groups is 1. The molecular weight excluding hydrogens is 445 g/mol. The summed E-state index contributed by atoms with van der Waals surface area (Å²) in [5, 5.41) is 0.286. The molecule has 1 heterocycles. The molecule has 0 aliphatic rings. The molecule has 0 unspecified atom stereocenters. The number of rotatable bonds is 11. The fraction of sp³-hybridized carbons (Fsp3) is 0.409. The number of para-hydroxylation sites is 2. The van der Waals surface area contributed by atoms with E-state index in [1.807, 2.05) is 0 Å². The van der Waals surface area contributed by atoms with Crippen molar-refractivity contribution in [2.45, 2.75) is 51.0 Å². The van der Waals surface area contributed by atoms with Gasteiger partial charge in [0.1, 0.15) is 0 Å². The van der Waals surface area contributed by atoms with Crippen LogP contribution in [0.1, 0.15) is 38.2 Å². The third kappa shape index (κ3) is 7.74. The van der Waals surface area contributed by atoms with Crippen molar-refractivity contribution >= 4 is 17.7 Å². The molecule has 0 radical (unpaired) electrons. The molecule has 0 bridgehead atoms. The second kappa shape index (κ2) is 11.8. The third-order valence-electron chi connectivity index (χ3n) is 4.28. The van der Waals surface area contributed by atoms with E-state index in [2.05, 4.69) is 16.3 Å². The number of halogens is 3. The van der Waals surface area contributed by atoms with E-state index in [1.54, 1.807) is 13.8 Å². The van der Waals surface area contributed by atoms with Crippen LogP contribution < -0.4 is 10.3 Å². The van der Waals surface area contributed by atoms with Crippen molar-refractivity contribution in [3.63, 3.8) is 0 Å². The van der Waals surface area contributed by atoms with Crippen LogP contribution in [-0.2, 0) is 9.53 Å². The first kappa shape index (κ1) is 25.5. The van der Waals surface area contributed by atoms with Crippen molar-refractivity contribution in [2.75, 3.05) is 12.4 Å². The average Bonchev–Trinajstić information content (AvgIpc) is 2.72. The van der Waals surface area contributed by atoms with Crippen molar-refractivity contribution in [1.29, 1.82) is 0 Å². The maximum Gasteiger partial charge on any atom is 0.573 e. The number of alkyl halides is 3. The van der Waals surface area contributed by atoms with E-state index in [9.17, 15) is 22.8 Å². The maximum atomic E-state index is 12.8. The van der Waals surface area contributed by atoms with Crippen molar-refractivity contribution in [1.82, 2.24) is 9.55 Å². The Balaban J connectivity index is 2.02. The Morgan fingerprint density at radius 2 is 1.88 bits per heavy atom. The van der Waals surface area contributed by atoms with E-state index >= 15 is 0 Å². The predicted octanol–water partition coefficient (Wildman–Crippen LogP) is 5.21. The quantitative estimate of drug-likeness (QED) is 0.148. The highest BCUT2D eigenvalue weighted by molar-refractivity contribution is 7.99. The molecule has 1 aromatic carbocycles. The number of carbonyl (C=O) groups excluding carboxylic acids is 1. The van der Waals surface area contributed by atoms with Crippen LogP contribution in [0, 0.1) is 6.92 Å². The molecule has 0 N–H and O–H groups in total. The van der Waals surface area contributed by atoms with E-state index in [0.717, 1.165) is 36.3 Å². The van der Waals surface area contributed by atoms with E-state index < -0.39 is 23.6 Å². The lowest BCUT2D eigenvalue weighted by molar-refractivity contribution is -0.274. The molecule has 0 spiro atoms. The summed E-state index contributed by atoms with van der Waals surface area (Å²) in [7, 11) is 0. The maximum absolute atomic E-state index is 12.8. The van der Waals surface area contributed by atoms with Crippen LogP contribution >= 0.6 is 11.8 Å². The minimum atomic E-state index is -4.89. The molecule has 0 saturated carbocycles. The van der Waals surface area contributed by atoms with Gasteiger partial charge in [-0.1, -0.05) is 43.3 Å². The molecule has 6 nitrogen and oxygen atoms in total. The molecule has 174 valence electrons. The Bertz CT molecular complexity index is 1010. The number of benzene rings is 1. The van der Waals surface area contributed by atoms with Gasteiger partial charge < -0.3 is 9.47 Å². The van der Waals surface area contributed by atoms with Crippen LogP contribution in [-0.4, -0.2) is 34.2 Å². The second-order valence-electron chi connectivity index (χ2n) is 7.06. The molecule has 0 aliphatic carbocycles. The first-order chi connectivity index (χ1) is 15.1. The number of aromatic nitrogens is 2. The molecule has 32 heavy (non-hydrogen) atoms. The SMILES string of the molecule is C=C(C)C(=O)OCCCCCCSc1ncc(C)c(=O)n1-c1ccccc1OC(F)(F)F. The number of hydrogen-bond donors (Lipinski definition) is 0. The van der Waals surface area contributed by atoms with Crippen LogP contribution in [0.5, 0.6) is 5.75 Å². The zero-order valence-electron chi connectivity index (χ0n) is 17.9. The van der Waals surface area contributed by atoms with Gasteiger partial charge in [-0.3, -0.25) is 9.36 Å². The normalized spacial score (nSPS) is 11.3. The molecule has 0 atom stereocenters. The summed E-state index contributed by atoms with van der Waals surface area (Å²) < 4.78 is 48.7. The third-order valence-corrected chi connectivity index (χ3v) is 5.32. The largest absolute Gasteiger partial charge is 0.573 e. The van der Waals surface area contributed by atoms with Gasteiger partial charge in [0.25, 0.3) is 5.56 Å². The molecule has 0 amide bonds. The van der Waals surface area contributed by atoms with Crippen molar-refractivity contribution in [2.24, 2.45) is 0 Å². The van der Waals surface area contributed by atoms with Gasteiger partial charge >= 0.3 is 12.3 Å². The highest BCUT2D eigenvalue weighted by atomic mass is 32.2. The number of unbranched alkanes of at least 4 members (excludes halogenated alkanes) is 3. The van der Waals surface area contributed by atoms with Gasteiger partial charge in [0.2, 0.25) is 0 Å². The van der Waals surface area contributed by atoms with E-state index in [4.69, 9.17) is 4.74 Å². The number of ether oxygens (including phenoxy) is 2. The van der Waals surface area contributed by atoms with E-state index in [1.165, 1.54) is 36.2 Å². The average molecular weight is 471 g/mol. The molecule has 10 heteroatoms. The van der Waals surface area contributed by atoms with E-state index in [0.29, 0.717) is 23.5 Å². The zero-order valence-corrected chi connectivity index (χ0v) is 18.7. The topological polar surface area (TPSA) is 70.4 Å². The molecular formula is C22H25F3N2O4S. The Morgan fingerprint density at radius 1 is 1.19 bits per heavy atom. The lowest BCUT2D eigenvalue weighted by Gasteiger charge is -2.17. The summed E-state index contributed by atoms with van der Waals surface area (Å²) in [5.41, 5.74) is 0.189. The fourth-order valence-electron chi connectivity index (χ4n) is 2.70. The minimum Gasteiger partial charge on any atom is -0.462 e. The minimum absolute atomic E-state index is 0.0205. The smallest absolute Gasteiger partial charge is 0.462 e. The Labute approximate surface area is 188 Å². The summed E-state index contributed by atoms with van der Waals surface area (Å²) >= 11 is 1.28. The molecule has 0 saturated heterocycles. The Kier molecular flexibility index (Phi) is 9.37. The standard InChI is InChI=1S/C22H25F3N2O4S/c1-15(2)20(29)30-12-8-4-5-9-13-32-21-26-14-16(3)19(28)27(21)17-10-6-7-11-18(17)31-22(23,24)25/h6-7,10-11,14H,1,4-5,8-9,12-13H2,2-3H3. The second-order valence-corrected chi connectivity index (χ2v) is 8.12. The van der Waals surface area contributed by atoms with Gasteiger partial charge in [-0.2, -0.15) is 0 Å². The number of nitrogens with zero attached hydrogens (tertiary/aromatic N) is 2. The van der Waals surface area contributed by atoms with Gasteiger partial charge in [0, 0.05) is 23.1 Å². The Hall–Kier alpha value is -2.75. The summed E-state index contributed by atoms with van der Waals surface area (Å²) in [5.74, 6) is -0.261. The van der Waals surface area contributed by atoms with E-state index in [-0.39, 0.29) is 10.8 Å². The van der Waals surface area contributed by atoms with Crippen LogP contribution in [0.4, 0.5) is 13.2 Å². The van der Waals surface area contributed by atoms with Crippen molar-refractivity contribution < 1.29 is 27.4 Å². The van der Waals surface area contributed by atoms with Gasteiger partial charge in [-0.15, -0.1) is 13.2 Å². The highest BCUT2D eigenvalue weighted by Crippen LogP contribution is 2.30. The summed E-state index contributed by atoms with van der Waals surface area (Å²) in [6.07, 6.45) is -0.252. The lowest BCUT2D eigenvalue weighted by Crippen LogP contribution is -2.25. The molecule has 1 aromatic heterocycles. The van der Waals surface area contributed by atoms with Crippen LogP contribution in [0.2, 0.25) is 0 Å². The van der Waals surface area contributed by atoms with Crippen LogP contribution in [0.25, 0.3) is 5.69 Å². The summed E-state index contributed by atoms with van der Waals surface area (Å²) in [6, 6.07) is 5.48. The summed E-state index contributed by atoms with van der Waals surface area (Å²) in [4.78, 5) is 28.3. The highest BCUT2D eigenvalue weighted by Gasteiger charge is 2.32. The van der Waals surface area contributed by atoms with Crippen LogP contribution in [0.15, 0.2) is 52.6 Å². The number of aryl methyl sites for hydroxylation is 1. The summed E-state index contributed by atoms with van der Waals surface area (Å²) in [6.45, 7) is 6.98. The van der Waals surface area contributed by atoms with Gasteiger partial charge in [0.15, 0.2) is 10.9 Å². The number of esters is 1. The monoisotopic (exact) mass is 470 g/mol. The lowest BCUT2D eigenvalue weighted by atomic mass is 10.2. The zero-order chi connectivity index (χ0) is 23.7. The van der Waals surface area contributed by atoms with Crippen molar-refractivity contribution in [3.05, 3.63) is 58.5 Å². The van der Waals surface area contributed by atoms with Crippen molar-refractivity contribution in [3.8, 4) is 11.4 Å². The predicted molar refractivity (Wildman–Crippen MR) is 116 cm³/mol. The Morgan fingerprint density at radius 3 is 2.56 bits per heavy atom. The number of carbonyl (C=O) groups is 1. The molecule has 2 rings (SSSR count). The molecule has 0 fully saturated rings. The van der Waals surface area contributed by atoms with Gasteiger partial charge in [-0.25, -0.2) is 9.78 Å². The first-order valence-electron chi connectivity index (χ1n) is 9.99. The first-order valence-corrected chi connectivity index (χ1v) is 11.0. The van der Waals surface area contributed by atoms with Gasteiger partial charge in [-0.05, 0) is 38.8 Å². The van der Waals surface area contributed by atoms with Gasteiger partial charge in [0.05, 0.1) is 12.3 Å². The fourth-order valence-corrected chi connectivity index (χ4v) is 3.67.